The first-order valence-corrected chi connectivity index (χ1v) is 7.34. The molecule has 0 fully saturated rings. The first-order chi connectivity index (χ1) is 11.5. The van der Waals surface area contributed by atoms with Crippen molar-refractivity contribution in [3.8, 4) is 5.75 Å². The number of hydrogen-bond donors (Lipinski definition) is 2. The molecular formula is C19H15NO4. The Bertz CT molecular complexity index is 987. The van der Waals surface area contributed by atoms with E-state index in [0.717, 1.165) is 17.0 Å². The van der Waals surface area contributed by atoms with Crippen LogP contribution in [0.1, 0.15) is 11.1 Å². The molecular weight excluding hydrogens is 306 g/mol. The van der Waals surface area contributed by atoms with E-state index >= 15 is 0 Å². The average molecular weight is 321 g/mol. The molecule has 0 saturated heterocycles. The smallest absolute Gasteiger partial charge is 0.332 e. The van der Waals surface area contributed by atoms with Crippen molar-refractivity contribution in [3.05, 3.63) is 82.2 Å². The van der Waals surface area contributed by atoms with Crippen molar-refractivity contribution in [3.63, 3.8) is 0 Å². The summed E-state index contributed by atoms with van der Waals surface area (Å²) in [7, 11) is 0. The van der Waals surface area contributed by atoms with Crippen LogP contribution in [-0.2, 0) is 4.79 Å². The number of aromatic nitrogens is 1. The van der Waals surface area contributed by atoms with E-state index in [4.69, 9.17) is 9.84 Å². The molecule has 5 nitrogen and oxygen atoms in total. The van der Waals surface area contributed by atoms with Crippen molar-refractivity contribution in [1.29, 1.82) is 0 Å². The summed E-state index contributed by atoms with van der Waals surface area (Å²) < 4.78 is 5.76. The lowest BCUT2D eigenvalue weighted by atomic mass is 10.1. The number of hydrogen-bond acceptors (Lipinski definition) is 3. The summed E-state index contributed by atoms with van der Waals surface area (Å²) in [5.41, 5.74) is 1.96. The third-order valence-corrected chi connectivity index (χ3v) is 3.56. The highest BCUT2D eigenvalue weighted by molar-refractivity contribution is 5.89. The molecule has 0 amide bonds. The van der Waals surface area contributed by atoms with Crippen LogP contribution >= 0.6 is 0 Å². The van der Waals surface area contributed by atoms with Gasteiger partial charge in [0.25, 0.3) is 0 Å². The summed E-state index contributed by atoms with van der Waals surface area (Å²) >= 11 is 0. The summed E-state index contributed by atoms with van der Waals surface area (Å²) in [4.78, 5) is 25.4. The number of aromatic amines is 1. The number of ether oxygens (including phenoxy) is 1. The van der Waals surface area contributed by atoms with Crippen LogP contribution in [0.25, 0.3) is 16.7 Å². The monoisotopic (exact) mass is 321 g/mol. The molecule has 0 radical (unpaired) electrons. The van der Waals surface area contributed by atoms with Crippen molar-refractivity contribution in [2.24, 2.45) is 0 Å². The predicted octanol–water partition coefficient (Wildman–Crippen LogP) is 3.34. The minimum Gasteiger partial charge on any atom is -0.478 e. The highest BCUT2D eigenvalue weighted by Crippen LogP contribution is 2.25. The number of carboxylic acids is 1. The number of fused-ring (bicyclic) bond motifs is 1. The highest BCUT2D eigenvalue weighted by atomic mass is 16.5. The third-order valence-electron chi connectivity index (χ3n) is 3.56. The van der Waals surface area contributed by atoms with Gasteiger partial charge in [-0.15, -0.1) is 0 Å². The fraction of sp³-hybridized carbons (Fsp3) is 0.0526. The molecule has 5 heteroatoms. The van der Waals surface area contributed by atoms with Gasteiger partial charge in [0.2, 0.25) is 5.56 Å². The summed E-state index contributed by atoms with van der Waals surface area (Å²) in [6.07, 6.45) is 1.01. The average Bonchev–Trinajstić information content (AvgIpc) is 2.54. The second-order valence-corrected chi connectivity index (χ2v) is 5.34. The van der Waals surface area contributed by atoms with Crippen LogP contribution in [-0.4, -0.2) is 16.1 Å². The molecule has 2 aromatic carbocycles. The third kappa shape index (κ3) is 3.35. The molecule has 0 aliphatic heterocycles. The molecule has 0 atom stereocenters. The van der Waals surface area contributed by atoms with Gasteiger partial charge in [-0.05, 0) is 24.6 Å². The number of aliphatic carboxylic acids is 1. The number of benzene rings is 2. The summed E-state index contributed by atoms with van der Waals surface area (Å²) in [6, 6.07) is 15.8. The van der Waals surface area contributed by atoms with E-state index in [2.05, 4.69) is 4.98 Å². The van der Waals surface area contributed by atoms with Gasteiger partial charge in [-0.25, -0.2) is 4.79 Å². The molecule has 3 aromatic rings. The number of nitrogens with one attached hydrogen (secondary N) is 1. The van der Waals surface area contributed by atoms with Gasteiger partial charge < -0.3 is 14.8 Å². The van der Waals surface area contributed by atoms with Gasteiger partial charge in [0.1, 0.15) is 11.5 Å². The van der Waals surface area contributed by atoms with Crippen LogP contribution in [0.4, 0.5) is 0 Å². The van der Waals surface area contributed by atoms with Crippen LogP contribution in [0.3, 0.4) is 0 Å². The molecule has 24 heavy (non-hydrogen) atoms. The van der Waals surface area contributed by atoms with Crippen molar-refractivity contribution in [2.75, 3.05) is 0 Å². The van der Waals surface area contributed by atoms with Gasteiger partial charge in [0.05, 0.1) is 11.6 Å². The van der Waals surface area contributed by atoms with E-state index in [9.17, 15) is 9.59 Å². The number of rotatable bonds is 4. The molecule has 0 aliphatic rings. The second kappa shape index (κ2) is 6.42. The zero-order valence-electron chi connectivity index (χ0n) is 12.9. The van der Waals surface area contributed by atoms with Crippen molar-refractivity contribution in [1.82, 2.24) is 4.98 Å². The maximum Gasteiger partial charge on any atom is 0.332 e. The normalized spacial score (nSPS) is 11.5. The fourth-order valence-corrected chi connectivity index (χ4v) is 2.49. The van der Waals surface area contributed by atoms with E-state index in [1.165, 1.54) is 6.07 Å². The number of pyridine rings is 1. The number of carboxylic acid groups (broad SMARTS) is 1. The Morgan fingerprint density at radius 2 is 1.88 bits per heavy atom. The molecule has 0 bridgehead atoms. The van der Waals surface area contributed by atoms with E-state index < -0.39 is 5.97 Å². The second-order valence-electron chi connectivity index (χ2n) is 5.34. The SMILES string of the molecule is Cc1cc(=O)[nH]c2cc(OC(=CC(=O)O)c3ccccc3)ccc12. The largest absolute Gasteiger partial charge is 0.478 e. The quantitative estimate of drug-likeness (QED) is 0.570. The minimum atomic E-state index is -1.10. The zero-order chi connectivity index (χ0) is 17.1. The van der Waals surface area contributed by atoms with Gasteiger partial charge in [0.15, 0.2) is 0 Å². The van der Waals surface area contributed by atoms with Gasteiger partial charge in [0, 0.05) is 23.1 Å². The van der Waals surface area contributed by atoms with Crippen molar-refractivity contribution >= 4 is 22.6 Å². The van der Waals surface area contributed by atoms with Crippen LogP contribution in [0, 0.1) is 6.92 Å². The van der Waals surface area contributed by atoms with Crippen LogP contribution in [0.5, 0.6) is 5.75 Å². The standard InChI is InChI=1S/C19H15NO4/c1-12-9-18(21)20-16-10-14(7-8-15(12)16)24-17(11-19(22)23)13-5-3-2-4-6-13/h2-11H,1H3,(H,20,21)(H,22,23). The number of aryl methyl sites for hydroxylation is 1. The number of H-pyrrole nitrogens is 1. The summed E-state index contributed by atoms with van der Waals surface area (Å²) in [5.74, 6) is -0.434. The molecule has 120 valence electrons. The predicted molar refractivity (Wildman–Crippen MR) is 92.0 cm³/mol. The Kier molecular flexibility index (Phi) is 4.16. The van der Waals surface area contributed by atoms with Crippen LogP contribution in [0.15, 0.2) is 65.5 Å². The van der Waals surface area contributed by atoms with E-state index in [-0.39, 0.29) is 11.3 Å². The lowest BCUT2D eigenvalue weighted by Gasteiger charge is -2.11. The molecule has 1 aromatic heterocycles. The van der Waals surface area contributed by atoms with Gasteiger partial charge in [-0.3, -0.25) is 4.79 Å². The van der Waals surface area contributed by atoms with Gasteiger partial charge in [-0.1, -0.05) is 30.3 Å². The molecule has 0 unspecified atom stereocenters. The first-order valence-electron chi connectivity index (χ1n) is 7.34. The van der Waals surface area contributed by atoms with Gasteiger partial charge in [-0.2, -0.15) is 0 Å². The molecule has 2 N–H and O–H groups in total. The Morgan fingerprint density at radius 1 is 1.12 bits per heavy atom. The van der Waals surface area contributed by atoms with Crippen molar-refractivity contribution < 1.29 is 14.6 Å². The lowest BCUT2D eigenvalue weighted by molar-refractivity contribution is -0.131. The Labute approximate surface area is 137 Å². The molecule has 3 rings (SSSR count). The van der Waals surface area contributed by atoms with Crippen LogP contribution < -0.4 is 10.3 Å². The maximum absolute atomic E-state index is 11.6. The molecule has 0 saturated carbocycles. The van der Waals surface area contributed by atoms with Crippen LogP contribution in [0.2, 0.25) is 0 Å². The Hall–Kier alpha value is -3.34. The number of carbonyl (C=O) groups is 1. The Balaban J connectivity index is 2.03. The van der Waals surface area contributed by atoms with E-state index in [1.54, 1.807) is 36.4 Å². The molecule has 0 spiro atoms. The molecule has 1 heterocycles. The fourth-order valence-electron chi connectivity index (χ4n) is 2.49. The maximum atomic E-state index is 11.6. The summed E-state index contributed by atoms with van der Waals surface area (Å²) in [5, 5.41) is 9.97. The van der Waals surface area contributed by atoms with E-state index in [1.807, 2.05) is 19.1 Å². The lowest BCUT2D eigenvalue weighted by Crippen LogP contribution is -2.05. The minimum absolute atomic E-state index is 0.193. The van der Waals surface area contributed by atoms with E-state index in [0.29, 0.717) is 16.8 Å². The topological polar surface area (TPSA) is 79.4 Å². The Morgan fingerprint density at radius 3 is 2.58 bits per heavy atom. The first kappa shape index (κ1) is 15.6. The van der Waals surface area contributed by atoms with Gasteiger partial charge >= 0.3 is 5.97 Å². The van der Waals surface area contributed by atoms with Crippen molar-refractivity contribution in [2.45, 2.75) is 6.92 Å². The summed E-state index contributed by atoms with van der Waals surface area (Å²) in [6.45, 7) is 1.86. The molecule has 0 aliphatic carbocycles. The highest BCUT2D eigenvalue weighted by Gasteiger charge is 2.08. The zero-order valence-corrected chi connectivity index (χ0v) is 12.9.